The number of aromatic nitrogens is 6. The van der Waals surface area contributed by atoms with E-state index in [9.17, 15) is 4.79 Å². The molecule has 0 unspecified atom stereocenters. The van der Waals surface area contributed by atoms with Gasteiger partial charge in [-0.3, -0.25) is 9.89 Å². The van der Waals surface area contributed by atoms with E-state index in [1.54, 1.807) is 11.3 Å². The van der Waals surface area contributed by atoms with Crippen LogP contribution in [0.2, 0.25) is 0 Å². The van der Waals surface area contributed by atoms with Gasteiger partial charge in [0.2, 0.25) is 16.9 Å². The number of nitrogens with zero attached hydrogens (tertiary/aromatic N) is 5. The molecule has 38 heavy (non-hydrogen) atoms. The van der Waals surface area contributed by atoms with Crippen LogP contribution in [0.3, 0.4) is 0 Å². The lowest BCUT2D eigenvalue weighted by Crippen LogP contribution is -2.16. The molecular weight excluding hydrogens is 516 g/mol. The SMILES string of the molecule is Cc1ccc2nc(-c3ccc(NC(=O)CSc4nnc(-c5cc(-c6ccccc6)n[nH]5)n4N)cc3)sc2c1. The summed E-state index contributed by atoms with van der Waals surface area (Å²) in [5.74, 6) is 6.61. The molecular formula is C27H22N8OS2. The number of hydrogen-bond donors (Lipinski definition) is 3. The summed E-state index contributed by atoms with van der Waals surface area (Å²) in [5, 5.41) is 19.9. The highest BCUT2D eigenvalue weighted by atomic mass is 32.2. The van der Waals surface area contributed by atoms with Gasteiger partial charge < -0.3 is 11.2 Å². The number of nitrogens with one attached hydrogen (secondary N) is 2. The third-order valence-electron chi connectivity index (χ3n) is 5.84. The Kier molecular flexibility index (Phi) is 6.36. The minimum atomic E-state index is -0.171. The molecule has 4 N–H and O–H groups in total. The standard InChI is InChI=1S/C27H22N8OS2/c1-16-7-12-20-23(13-16)38-26(30-20)18-8-10-19(11-9-18)29-24(36)15-37-27-34-33-25(35(27)28)22-14-21(31-32-22)17-5-3-2-4-6-17/h2-14H,15,28H2,1H3,(H,29,36)(H,31,32). The number of benzene rings is 3. The van der Waals surface area contributed by atoms with Crippen LogP contribution in [0.25, 0.3) is 43.6 Å². The Labute approximate surface area is 226 Å². The zero-order chi connectivity index (χ0) is 26.1. The highest BCUT2D eigenvalue weighted by Crippen LogP contribution is 2.31. The molecule has 6 aromatic rings. The first-order valence-electron chi connectivity index (χ1n) is 11.8. The predicted molar refractivity (Wildman–Crippen MR) is 152 cm³/mol. The number of aromatic amines is 1. The average molecular weight is 539 g/mol. The molecule has 0 radical (unpaired) electrons. The van der Waals surface area contributed by atoms with Gasteiger partial charge in [0.15, 0.2) is 0 Å². The van der Waals surface area contributed by atoms with Crippen LogP contribution in [0, 0.1) is 6.92 Å². The Balaban J connectivity index is 1.08. The monoisotopic (exact) mass is 538 g/mol. The second-order valence-electron chi connectivity index (χ2n) is 8.61. The molecule has 3 aromatic heterocycles. The van der Waals surface area contributed by atoms with Gasteiger partial charge in [0, 0.05) is 16.8 Å². The number of nitrogens with two attached hydrogens (primary N) is 1. The maximum atomic E-state index is 12.6. The molecule has 11 heteroatoms. The molecule has 188 valence electrons. The fourth-order valence-corrected chi connectivity index (χ4v) is 5.66. The van der Waals surface area contributed by atoms with E-state index in [2.05, 4.69) is 44.8 Å². The summed E-state index contributed by atoms with van der Waals surface area (Å²) in [7, 11) is 0. The zero-order valence-corrected chi connectivity index (χ0v) is 21.9. The van der Waals surface area contributed by atoms with E-state index in [4.69, 9.17) is 10.8 Å². The van der Waals surface area contributed by atoms with Gasteiger partial charge in [-0.2, -0.15) is 5.10 Å². The number of aryl methyl sites for hydroxylation is 1. The van der Waals surface area contributed by atoms with Crippen LogP contribution < -0.4 is 11.2 Å². The van der Waals surface area contributed by atoms with Gasteiger partial charge in [0.25, 0.3) is 0 Å². The van der Waals surface area contributed by atoms with E-state index < -0.39 is 0 Å². The minimum Gasteiger partial charge on any atom is -0.335 e. The van der Waals surface area contributed by atoms with Gasteiger partial charge >= 0.3 is 0 Å². The smallest absolute Gasteiger partial charge is 0.234 e. The summed E-state index contributed by atoms with van der Waals surface area (Å²) in [6, 6.07) is 25.6. The van der Waals surface area contributed by atoms with Crippen molar-refractivity contribution in [1.29, 1.82) is 0 Å². The predicted octanol–water partition coefficient (Wildman–Crippen LogP) is 5.36. The van der Waals surface area contributed by atoms with Crippen molar-refractivity contribution >= 4 is 44.9 Å². The number of hydrogen-bond acceptors (Lipinski definition) is 8. The summed E-state index contributed by atoms with van der Waals surface area (Å²) >= 11 is 2.86. The summed E-state index contributed by atoms with van der Waals surface area (Å²) in [4.78, 5) is 17.3. The van der Waals surface area contributed by atoms with Crippen LogP contribution in [0.15, 0.2) is 84.0 Å². The molecule has 0 fully saturated rings. The Morgan fingerprint density at radius 3 is 2.66 bits per heavy atom. The summed E-state index contributed by atoms with van der Waals surface area (Å²) in [5.41, 5.74) is 6.31. The lowest BCUT2D eigenvalue weighted by Gasteiger charge is -2.06. The minimum absolute atomic E-state index is 0.131. The third kappa shape index (κ3) is 4.89. The van der Waals surface area contributed by atoms with Crippen molar-refractivity contribution in [3.8, 4) is 33.3 Å². The van der Waals surface area contributed by atoms with E-state index in [1.165, 1.54) is 22.0 Å². The molecule has 0 saturated carbocycles. The number of amides is 1. The number of carbonyl (C=O) groups excluding carboxylic acids is 1. The largest absolute Gasteiger partial charge is 0.335 e. The normalized spacial score (nSPS) is 11.2. The first kappa shape index (κ1) is 23.9. The first-order chi connectivity index (χ1) is 18.5. The first-order valence-corrected chi connectivity index (χ1v) is 13.6. The molecule has 3 heterocycles. The number of fused-ring (bicyclic) bond motifs is 1. The van der Waals surface area contributed by atoms with Crippen molar-refractivity contribution in [1.82, 2.24) is 30.1 Å². The van der Waals surface area contributed by atoms with Gasteiger partial charge in [-0.25, -0.2) is 9.66 Å². The quantitative estimate of drug-likeness (QED) is 0.184. The molecule has 0 saturated heterocycles. The number of H-pyrrole nitrogens is 1. The third-order valence-corrected chi connectivity index (χ3v) is 7.86. The number of thioether (sulfide) groups is 1. The highest BCUT2D eigenvalue weighted by Gasteiger charge is 2.16. The summed E-state index contributed by atoms with van der Waals surface area (Å²) < 4.78 is 2.52. The molecule has 0 aliphatic rings. The molecule has 6 rings (SSSR count). The lowest BCUT2D eigenvalue weighted by molar-refractivity contribution is -0.113. The Hall–Kier alpha value is -4.48. The van der Waals surface area contributed by atoms with Gasteiger partial charge in [0.05, 0.1) is 21.7 Å². The van der Waals surface area contributed by atoms with Gasteiger partial charge in [-0.1, -0.05) is 48.2 Å². The number of rotatable bonds is 7. The van der Waals surface area contributed by atoms with E-state index in [1.807, 2.05) is 66.7 Å². The lowest BCUT2D eigenvalue weighted by atomic mass is 10.1. The van der Waals surface area contributed by atoms with E-state index in [0.717, 1.165) is 32.0 Å². The van der Waals surface area contributed by atoms with E-state index in [-0.39, 0.29) is 11.7 Å². The molecule has 0 aliphatic carbocycles. The van der Waals surface area contributed by atoms with Crippen molar-refractivity contribution in [2.75, 3.05) is 16.9 Å². The van der Waals surface area contributed by atoms with Crippen LogP contribution in [-0.4, -0.2) is 41.7 Å². The Bertz CT molecular complexity index is 1740. The number of carbonyl (C=O) groups is 1. The van der Waals surface area contributed by atoms with Crippen LogP contribution in [0.4, 0.5) is 5.69 Å². The maximum Gasteiger partial charge on any atom is 0.234 e. The summed E-state index contributed by atoms with van der Waals surface area (Å²) in [6.45, 7) is 2.08. The Morgan fingerprint density at radius 1 is 1.03 bits per heavy atom. The number of nitrogen functional groups attached to an aromatic ring is 1. The van der Waals surface area contributed by atoms with Gasteiger partial charge in [0.1, 0.15) is 10.7 Å². The van der Waals surface area contributed by atoms with Crippen LogP contribution in [0.5, 0.6) is 0 Å². The van der Waals surface area contributed by atoms with Crippen molar-refractivity contribution in [3.05, 3.63) is 84.4 Å². The molecule has 0 atom stereocenters. The zero-order valence-electron chi connectivity index (χ0n) is 20.3. The fraction of sp³-hybridized carbons (Fsp3) is 0.0741. The topological polar surface area (TPSA) is 127 Å². The number of anilines is 1. The van der Waals surface area contributed by atoms with E-state index in [0.29, 0.717) is 22.4 Å². The summed E-state index contributed by atoms with van der Waals surface area (Å²) in [6.07, 6.45) is 0. The van der Waals surface area contributed by atoms with Crippen molar-refractivity contribution in [2.24, 2.45) is 0 Å². The van der Waals surface area contributed by atoms with E-state index >= 15 is 0 Å². The molecule has 3 aromatic carbocycles. The average Bonchev–Trinajstić information content (AvgIpc) is 3.67. The maximum absolute atomic E-state index is 12.6. The second-order valence-corrected chi connectivity index (χ2v) is 10.6. The van der Waals surface area contributed by atoms with Crippen molar-refractivity contribution < 1.29 is 4.79 Å². The van der Waals surface area contributed by atoms with Crippen molar-refractivity contribution in [2.45, 2.75) is 12.1 Å². The molecule has 0 aliphatic heterocycles. The highest BCUT2D eigenvalue weighted by molar-refractivity contribution is 7.99. The van der Waals surface area contributed by atoms with Crippen LogP contribution in [0.1, 0.15) is 5.56 Å². The van der Waals surface area contributed by atoms with Crippen LogP contribution >= 0.6 is 23.1 Å². The number of thiazole rings is 1. The molecule has 1 amide bonds. The van der Waals surface area contributed by atoms with Crippen LogP contribution in [-0.2, 0) is 4.79 Å². The van der Waals surface area contributed by atoms with Gasteiger partial charge in [-0.15, -0.1) is 21.5 Å². The van der Waals surface area contributed by atoms with Gasteiger partial charge in [-0.05, 0) is 55.0 Å². The molecule has 0 bridgehead atoms. The molecule has 0 spiro atoms. The Morgan fingerprint density at radius 2 is 1.84 bits per heavy atom. The molecule has 9 nitrogen and oxygen atoms in total. The second kappa shape index (κ2) is 10.1. The van der Waals surface area contributed by atoms with Crippen molar-refractivity contribution in [3.63, 3.8) is 0 Å². The fourth-order valence-electron chi connectivity index (χ4n) is 3.93.